The molecule has 0 bridgehead atoms. The molecular weight excluding hydrogens is 411 g/mol. The van der Waals surface area contributed by atoms with Gasteiger partial charge in [-0.15, -0.1) is 0 Å². The SMILES string of the molecule is O=c1[nH]ncc(N2CCc3c(ncnc3Oc3ccc(F)cc3C(F)F)C2)c1Cl. The molecule has 3 aromatic rings. The van der Waals surface area contributed by atoms with E-state index in [1.807, 2.05) is 4.90 Å². The molecule has 4 rings (SSSR count). The number of halogens is 4. The summed E-state index contributed by atoms with van der Waals surface area (Å²) in [6, 6.07) is 2.91. The number of fused-ring (bicyclic) bond motifs is 1. The molecule has 0 fully saturated rings. The fraction of sp³-hybridized carbons (Fsp3) is 0.222. The van der Waals surface area contributed by atoms with Gasteiger partial charge in [0.05, 0.1) is 29.7 Å². The predicted molar refractivity (Wildman–Crippen MR) is 98.1 cm³/mol. The maximum Gasteiger partial charge on any atom is 0.285 e. The minimum absolute atomic E-state index is 0.0156. The van der Waals surface area contributed by atoms with Gasteiger partial charge in [-0.2, -0.15) is 5.10 Å². The Bertz CT molecular complexity index is 1120. The van der Waals surface area contributed by atoms with Crippen molar-refractivity contribution >= 4 is 17.3 Å². The highest BCUT2D eigenvalue weighted by Crippen LogP contribution is 2.35. The van der Waals surface area contributed by atoms with Gasteiger partial charge < -0.3 is 9.64 Å². The van der Waals surface area contributed by atoms with E-state index >= 15 is 0 Å². The number of hydrogen-bond acceptors (Lipinski definition) is 6. The van der Waals surface area contributed by atoms with Crippen molar-refractivity contribution in [2.45, 2.75) is 19.4 Å². The van der Waals surface area contributed by atoms with E-state index in [0.29, 0.717) is 36.5 Å². The number of rotatable bonds is 4. The van der Waals surface area contributed by atoms with E-state index in [-0.39, 0.29) is 16.7 Å². The van der Waals surface area contributed by atoms with Crippen molar-refractivity contribution in [1.29, 1.82) is 0 Å². The molecule has 0 aliphatic carbocycles. The van der Waals surface area contributed by atoms with E-state index < -0.39 is 23.4 Å². The smallest absolute Gasteiger partial charge is 0.285 e. The number of benzene rings is 1. The molecule has 1 N–H and O–H groups in total. The van der Waals surface area contributed by atoms with Crippen molar-refractivity contribution < 1.29 is 17.9 Å². The first-order valence-electron chi connectivity index (χ1n) is 8.50. The zero-order chi connectivity index (χ0) is 20.5. The second kappa shape index (κ2) is 7.70. The maximum absolute atomic E-state index is 13.3. The fourth-order valence-corrected chi connectivity index (χ4v) is 3.31. The number of ether oxygens (including phenoxy) is 1. The zero-order valence-electron chi connectivity index (χ0n) is 14.7. The van der Waals surface area contributed by atoms with Crippen LogP contribution in [0.1, 0.15) is 23.2 Å². The standard InChI is InChI=1S/C18H13ClF3N5O2/c19-15-13(6-25-26-17(15)28)27-4-3-10-12(7-27)23-8-24-18(10)29-14-2-1-9(20)5-11(14)16(21)22/h1-2,5-6,8,16H,3-4,7H2,(H,26,28). The monoisotopic (exact) mass is 423 g/mol. The van der Waals surface area contributed by atoms with Crippen LogP contribution in [0.15, 0.2) is 35.5 Å². The number of aromatic amines is 1. The molecule has 0 saturated carbocycles. The van der Waals surface area contributed by atoms with Gasteiger partial charge in [-0.3, -0.25) is 4.79 Å². The number of nitrogens with one attached hydrogen (secondary N) is 1. The number of alkyl halides is 2. The van der Waals surface area contributed by atoms with E-state index in [9.17, 15) is 18.0 Å². The summed E-state index contributed by atoms with van der Waals surface area (Å²) in [5.74, 6) is -0.832. The first kappa shape index (κ1) is 19.2. The van der Waals surface area contributed by atoms with Crippen LogP contribution < -0.4 is 15.2 Å². The maximum atomic E-state index is 13.3. The van der Waals surface area contributed by atoms with Crippen LogP contribution in [0, 0.1) is 5.82 Å². The number of aromatic nitrogens is 4. The number of hydrogen-bond donors (Lipinski definition) is 1. The van der Waals surface area contributed by atoms with Crippen molar-refractivity contribution in [3.8, 4) is 11.6 Å². The van der Waals surface area contributed by atoms with Crippen LogP contribution in [0.5, 0.6) is 11.6 Å². The minimum Gasteiger partial charge on any atom is -0.438 e. The first-order valence-corrected chi connectivity index (χ1v) is 8.88. The van der Waals surface area contributed by atoms with Crippen LogP contribution in [0.4, 0.5) is 18.9 Å². The number of anilines is 1. The summed E-state index contributed by atoms with van der Waals surface area (Å²) in [7, 11) is 0. The summed E-state index contributed by atoms with van der Waals surface area (Å²) < 4.78 is 45.4. The number of nitrogens with zero attached hydrogens (tertiary/aromatic N) is 4. The molecule has 0 atom stereocenters. The molecule has 1 aliphatic rings. The Morgan fingerprint density at radius 3 is 2.90 bits per heavy atom. The largest absolute Gasteiger partial charge is 0.438 e. The summed E-state index contributed by atoms with van der Waals surface area (Å²) in [6.45, 7) is 0.747. The average Bonchev–Trinajstić information content (AvgIpc) is 2.71. The lowest BCUT2D eigenvalue weighted by atomic mass is 10.1. The van der Waals surface area contributed by atoms with Crippen molar-refractivity contribution in [3.05, 3.63) is 68.7 Å². The third-order valence-electron chi connectivity index (χ3n) is 4.50. The Labute approximate surface area is 167 Å². The van der Waals surface area contributed by atoms with Gasteiger partial charge in [0.2, 0.25) is 5.88 Å². The van der Waals surface area contributed by atoms with Gasteiger partial charge in [-0.1, -0.05) is 11.6 Å². The molecule has 0 saturated heterocycles. The summed E-state index contributed by atoms with van der Waals surface area (Å²) >= 11 is 6.07. The molecule has 7 nitrogen and oxygen atoms in total. The first-order chi connectivity index (χ1) is 13.9. The minimum atomic E-state index is -2.90. The highest BCUT2D eigenvalue weighted by Gasteiger charge is 2.25. The van der Waals surface area contributed by atoms with Crippen LogP contribution in [-0.4, -0.2) is 26.7 Å². The van der Waals surface area contributed by atoms with Gasteiger partial charge in [-0.25, -0.2) is 28.2 Å². The van der Waals surface area contributed by atoms with E-state index in [0.717, 1.165) is 18.2 Å². The lowest BCUT2D eigenvalue weighted by molar-refractivity contribution is 0.147. The predicted octanol–water partition coefficient (Wildman–Crippen LogP) is 3.65. The normalized spacial score (nSPS) is 13.5. The van der Waals surface area contributed by atoms with Gasteiger partial charge in [0.15, 0.2) is 0 Å². The molecule has 1 aromatic carbocycles. The Kier molecular flexibility index (Phi) is 5.10. The second-order valence-corrected chi connectivity index (χ2v) is 6.64. The van der Waals surface area contributed by atoms with Gasteiger partial charge in [0.25, 0.3) is 12.0 Å². The second-order valence-electron chi connectivity index (χ2n) is 6.26. The quantitative estimate of drug-likeness (QED) is 0.689. The summed E-state index contributed by atoms with van der Waals surface area (Å²) in [6.07, 6.45) is 0.210. The highest BCUT2D eigenvalue weighted by molar-refractivity contribution is 6.32. The molecule has 2 aromatic heterocycles. The van der Waals surface area contributed by atoms with Crippen molar-refractivity contribution in [3.63, 3.8) is 0 Å². The van der Waals surface area contributed by atoms with E-state index in [2.05, 4.69) is 20.2 Å². The fourth-order valence-electron chi connectivity index (χ4n) is 3.10. The van der Waals surface area contributed by atoms with Gasteiger partial charge in [-0.05, 0) is 24.6 Å². The molecule has 3 heterocycles. The Morgan fingerprint density at radius 2 is 2.10 bits per heavy atom. The Balaban J connectivity index is 1.65. The van der Waals surface area contributed by atoms with Gasteiger partial charge >= 0.3 is 0 Å². The van der Waals surface area contributed by atoms with Crippen molar-refractivity contribution in [1.82, 2.24) is 20.2 Å². The third kappa shape index (κ3) is 3.75. The van der Waals surface area contributed by atoms with E-state index in [4.69, 9.17) is 16.3 Å². The van der Waals surface area contributed by atoms with E-state index in [1.165, 1.54) is 12.5 Å². The summed E-state index contributed by atoms with van der Waals surface area (Å²) in [4.78, 5) is 21.8. The Morgan fingerprint density at radius 1 is 1.28 bits per heavy atom. The number of H-pyrrole nitrogens is 1. The molecule has 1 aliphatic heterocycles. The van der Waals surface area contributed by atoms with Crippen LogP contribution in [-0.2, 0) is 13.0 Å². The third-order valence-corrected chi connectivity index (χ3v) is 4.86. The molecule has 0 spiro atoms. The molecule has 29 heavy (non-hydrogen) atoms. The van der Waals surface area contributed by atoms with Crippen molar-refractivity contribution in [2.24, 2.45) is 0 Å². The highest BCUT2D eigenvalue weighted by atomic mass is 35.5. The van der Waals surface area contributed by atoms with Crippen LogP contribution >= 0.6 is 11.6 Å². The lowest BCUT2D eigenvalue weighted by Crippen LogP contribution is -2.33. The zero-order valence-corrected chi connectivity index (χ0v) is 15.5. The molecule has 0 radical (unpaired) electrons. The average molecular weight is 424 g/mol. The topological polar surface area (TPSA) is 84.0 Å². The molecule has 11 heteroatoms. The Hall–Kier alpha value is -3.14. The lowest BCUT2D eigenvalue weighted by Gasteiger charge is -2.30. The van der Waals surface area contributed by atoms with Crippen molar-refractivity contribution in [2.75, 3.05) is 11.4 Å². The molecule has 0 amide bonds. The van der Waals surface area contributed by atoms with Crippen LogP contribution in [0.3, 0.4) is 0 Å². The van der Waals surface area contributed by atoms with Crippen LogP contribution in [0.25, 0.3) is 0 Å². The van der Waals surface area contributed by atoms with Gasteiger partial charge in [0, 0.05) is 12.1 Å². The molecule has 150 valence electrons. The summed E-state index contributed by atoms with van der Waals surface area (Å²) in [5.41, 5.74) is 0.634. The van der Waals surface area contributed by atoms with Gasteiger partial charge in [0.1, 0.15) is 22.9 Å². The summed E-state index contributed by atoms with van der Waals surface area (Å²) in [5, 5.41) is 6.03. The molecule has 0 unspecified atom stereocenters. The van der Waals surface area contributed by atoms with E-state index in [1.54, 1.807) is 0 Å². The molecular formula is C18H13ClF3N5O2. The van der Waals surface area contributed by atoms with Crippen LogP contribution in [0.2, 0.25) is 5.02 Å².